The number of rotatable bonds is 15. The molecule has 2 aromatic rings. The summed E-state index contributed by atoms with van der Waals surface area (Å²) in [4.78, 5) is 23.5. The van der Waals surface area contributed by atoms with Gasteiger partial charge in [-0.25, -0.2) is 18.4 Å². The molecule has 206 valence electrons. The third-order valence-corrected chi connectivity index (χ3v) is 5.66. The average Bonchev–Trinajstić information content (AvgIpc) is 2.87. The Morgan fingerprint density at radius 2 is 0.842 bits per heavy atom. The highest BCUT2D eigenvalue weighted by atomic mass is 19.1. The van der Waals surface area contributed by atoms with Gasteiger partial charge in [-0.05, 0) is 61.4 Å². The normalized spacial score (nSPS) is 10.5. The zero-order valence-corrected chi connectivity index (χ0v) is 21.5. The molecular formula is C28H36F2N4O4. The van der Waals surface area contributed by atoms with Crippen molar-refractivity contribution in [2.45, 2.75) is 77.0 Å². The molecule has 0 aromatic heterocycles. The zero-order valence-electron chi connectivity index (χ0n) is 21.5. The fraction of sp³-hybridized carbons (Fsp3) is 0.429. The van der Waals surface area contributed by atoms with E-state index in [1.807, 2.05) is 0 Å². The Morgan fingerprint density at radius 3 is 1.16 bits per heavy atom. The highest BCUT2D eigenvalue weighted by molar-refractivity contribution is 5.94. The van der Waals surface area contributed by atoms with Crippen molar-refractivity contribution in [2.75, 3.05) is 0 Å². The van der Waals surface area contributed by atoms with Gasteiger partial charge in [0.25, 0.3) is 0 Å². The number of nitrogens with one attached hydrogen (secondary N) is 4. The van der Waals surface area contributed by atoms with Crippen molar-refractivity contribution >= 4 is 23.9 Å². The molecule has 2 amide bonds. The summed E-state index contributed by atoms with van der Waals surface area (Å²) in [6, 6.07) is 10.2. The lowest BCUT2D eigenvalue weighted by molar-refractivity contribution is 0.204. The van der Waals surface area contributed by atoms with E-state index >= 15 is 0 Å². The van der Waals surface area contributed by atoms with E-state index in [1.54, 1.807) is 0 Å². The summed E-state index contributed by atoms with van der Waals surface area (Å²) < 4.78 is 35.7. The van der Waals surface area contributed by atoms with Crippen LogP contribution < -0.4 is 20.1 Å². The molecule has 0 unspecified atom stereocenters. The summed E-state index contributed by atoms with van der Waals surface area (Å²) in [5, 5.41) is 20.4. The molecule has 38 heavy (non-hydrogen) atoms. The molecule has 0 heterocycles. The van der Waals surface area contributed by atoms with E-state index < -0.39 is 23.8 Å². The molecule has 0 saturated carbocycles. The van der Waals surface area contributed by atoms with Crippen LogP contribution in [0, 0.1) is 22.5 Å². The van der Waals surface area contributed by atoms with Gasteiger partial charge in [-0.1, -0.05) is 51.4 Å². The van der Waals surface area contributed by atoms with Crippen molar-refractivity contribution in [3.8, 4) is 11.5 Å². The quantitative estimate of drug-likeness (QED) is 0.108. The van der Waals surface area contributed by atoms with Crippen molar-refractivity contribution in [1.29, 1.82) is 10.8 Å². The van der Waals surface area contributed by atoms with Gasteiger partial charge in [0.2, 0.25) is 0 Å². The molecule has 0 aliphatic carbocycles. The number of ether oxygens (including phenoxy) is 2. The fourth-order valence-electron chi connectivity index (χ4n) is 3.66. The van der Waals surface area contributed by atoms with E-state index in [2.05, 4.69) is 10.6 Å². The largest absolute Gasteiger partial charge is 0.418 e. The molecular weight excluding hydrogens is 494 g/mol. The van der Waals surface area contributed by atoms with Crippen LogP contribution in [0.1, 0.15) is 77.0 Å². The lowest BCUT2D eigenvalue weighted by atomic mass is 10.0. The number of benzene rings is 2. The maximum absolute atomic E-state index is 12.9. The number of unbranched alkanes of at least 4 members (excludes halogenated alkanes) is 9. The molecule has 0 aliphatic heterocycles. The maximum atomic E-state index is 12.9. The van der Waals surface area contributed by atoms with Crippen LogP contribution >= 0.6 is 0 Å². The van der Waals surface area contributed by atoms with Crippen molar-refractivity contribution in [1.82, 2.24) is 10.6 Å². The van der Waals surface area contributed by atoms with Gasteiger partial charge in [0.15, 0.2) is 0 Å². The summed E-state index contributed by atoms with van der Waals surface area (Å²) in [7, 11) is 0. The van der Waals surface area contributed by atoms with Gasteiger partial charge in [0, 0.05) is 12.8 Å². The molecule has 0 radical (unpaired) electrons. The lowest BCUT2D eigenvalue weighted by Gasteiger charge is -2.08. The van der Waals surface area contributed by atoms with E-state index in [0.717, 1.165) is 64.2 Å². The van der Waals surface area contributed by atoms with Gasteiger partial charge in [0.1, 0.15) is 34.8 Å². The van der Waals surface area contributed by atoms with Crippen LogP contribution in [-0.4, -0.2) is 23.9 Å². The number of amides is 2. The second-order valence-corrected chi connectivity index (χ2v) is 8.93. The topological polar surface area (TPSA) is 124 Å². The van der Waals surface area contributed by atoms with Gasteiger partial charge >= 0.3 is 12.2 Å². The standard InChI is InChI=1S/C28H36F2N4O4/c29-21-13-17-23(18-14-21)37-27(35)33-25(31)11-9-7-5-3-1-2-4-6-8-10-12-26(32)34-28(36)38-24-19-15-22(30)16-20-24/h13-20H,1-12H2,(H2,31,33,35)(H2,32,34,36). The minimum Gasteiger partial charge on any atom is -0.410 e. The molecule has 0 bridgehead atoms. The minimum absolute atomic E-state index is 0.102. The molecule has 0 atom stereocenters. The summed E-state index contributed by atoms with van der Waals surface area (Å²) in [5.74, 6) is -0.195. The maximum Gasteiger partial charge on any atom is 0.418 e. The summed E-state index contributed by atoms with van der Waals surface area (Å²) in [5.41, 5.74) is 0. The van der Waals surface area contributed by atoms with Crippen LogP contribution in [0.3, 0.4) is 0 Å². The Morgan fingerprint density at radius 1 is 0.553 bits per heavy atom. The number of amidine groups is 2. The number of halogens is 2. The number of hydrogen-bond donors (Lipinski definition) is 4. The Balaban J connectivity index is 1.37. The molecule has 2 aromatic carbocycles. The molecule has 0 aliphatic rings. The van der Waals surface area contributed by atoms with Gasteiger partial charge in [-0.3, -0.25) is 21.5 Å². The van der Waals surface area contributed by atoms with Crippen LogP contribution in [0.15, 0.2) is 48.5 Å². The van der Waals surface area contributed by atoms with Crippen LogP contribution in [0.4, 0.5) is 18.4 Å². The molecule has 0 fully saturated rings. The van der Waals surface area contributed by atoms with Crippen molar-refractivity contribution < 1.29 is 27.8 Å². The van der Waals surface area contributed by atoms with E-state index in [0.29, 0.717) is 12.8 Å². The van der Waals surface area contributed by atoms with Gasteiger partial charge in [0.05, 0.1) is 0 Å². The summed E-state index contributed by atoms with van der Waals surface area (Å²) in [6.07, 6.45) is 9.70. The van der Waals surface area contributed by atoms with E-state index in [4.69, 9.17) is 20.3 Å². The fourth-order valence-corrected chi connectivity index (χ4v) is 3.66. The SMILES string of the molecule is N=C(CCCCCCCCCCCCC(=N)NC(=O)Oc1ccc(F)cc1)NC(=O)Oc1ccc(F)cc1. The molecule has 0 saturated heterocycles. The van der Waals surface area contributed by atoms with Gasteiger partial charge in [-0.15, -0.1) is 0 Å². The Bertz CT molecular complexity index is 947. The van der Waals surface area contributed by atoms with Gasteiger partial charge < -0.3 is 9.47 Å². The van der Waals surface area contributed by atoms with E-state index in [1.165, 1.54) is 48.5 Å². The van der Waals surface area contributed by atoms with Crippen molar-refractivity contribution in [2.24, 2.45) is 0 Å². The smallest absolute Gasteiger partial charge is 0.410 e. The highest BCUT2D eigenvalue weighted by Gasteiger charge is 2.08. The Labute approximate surface area is 222 Å². The first kappa shape index (κ1) is 30.4. The number of carbonyl (C=O) groups is 2. The molecule has 2 rings (SSSR count). The Hall–Kier alpha value is -3.82. The average molecular weight is 531 g/mol. The first-order valence-corrected chi connectivity index (χ1v) is 13.0. The Kier molecular flexibility index (Phi) is 14.1. The van der Waals surface area contributed by atoms with E-state index in [-0.39, 0.29) is 23.2 Å². The predicted molar refractivity (Wildman–Crippen MR) is 142 cm³/mol. The molecule has 10 heteroatoms. The third-order valence-electron chi connectivity index (χ3n) is 5.66. The molecule has 0 spiro atoms. The summed E-state index contributed by atoms with van der Waals surface area (Å²) in [6.45, 7) is 0. The van der Waals surface area contributed by atoms with Crippen LogP contribution in [0.5, 0.6) is 11.5 Å². The van der Waals surface area contributed by atoms with Crippen molar-refractivity contribution in [3.63, 3.8) is 0 Å². The number of carbonyl (C=O) groups excluding carboxylic acids is 2. The number of hydrogen-bond acceptors (Lipinski definition) is 6. The molecule has 8 nitrogen and oxygen atoms in total. The minimum atomic E-state index is -0.751. The lowest BCUT2D eigenvalue weighted by Crippen LogP contribution is -2.32. The second-order valence-electron chi connectivity index (χ2n) is 8.93. The third kappa shape index (κ3) is 14.1. The second kappa shape index (κ2) is 17.6. The highest BCUT2D eigenvalue weighted by Crippen LogP contribution is 2.14. The predicted octanol–water partition coefficient (Wildman–Crippen LogP) is 7.48. The summed E-state index contributed by atoms with van der Waals surface area (Å²) >= 11 is 0. The van der Waals surface area contributed by atoms with Gasteiger partial charge in [-0.2, -0.15) is 0 Å². The first-order chi connectivity index (χ1) is 18.3. The van der Waals surface area contributed by atoms with Crippen LogP contribution in [0.2, 0.25) is 0 Å². The zero-order chi connectivity index (χ0) is 27.6. The van der Waals surface area contributed by atoms with E-state index in [9.17, 15) is 18.4 Å². The molecule has 4 N–H and O–H groups in total. The van der Waals surface area contributed by atoms with Crippen molar-refractivity contribution in [3.05, 3.63) is 60.2 Å². The van der Waals surface area contributed by atoms with Crippen LogP contribution in [-0.2, 0) is 0 Å². The van der Waals surface area contributed by atoms with Crippen LogP contribution in [0.25, 0.3) is 0 Å². The monoisotopic (exact) mass is 530 g/mol. The first-order valence-electron chi connectivity index (χ1n) is 13.0.